The van der Waals surface area contributed by atoms with Crippen molar-refractivity contribution in [2.75, 3.05) is 20.3 Å². The highest BCUT2D eigenvalue weighted by Gasteiger charge is 2.23. The molecule has 2 aromatic rings. The van der Waals surface area contributed by atoms with Gasteiger partial charge in [0.15, 0.2) is 17.3 Å². The highest BCUT2D eigenvalue weighted by molar-refractivity contribution is 5.59. The zero-order chi connectivity index (χ0) is 13.2. The lowest BCUT2D eigenvalue weighted by molar-refractivity contribution is 0.192. The van der Waals surface area contributed by atoms with Crippen molar-refractivity contribution in [2.45, 2.75) is 12.3 Å². The second kappa shape index (κ2) is 4.89. The molecule has 0 bridgehead atoms. The van der Waals surface area contributed by atoms with Crippen LogP contribution in [0.2, 0.25) is 0 Å². The van der Waals surface area contributed by atoms with Crippen LogP contribution in [-0.4, -0.2) is 35.6 Å². The molecule has 1 aromatic carbocycles. The third-order valence-electron chi connectivity index (χ3n) is 3.16. The second-order valence-corrected chi connectivity index (χ2v) is 4.40. The van der Waals surface area contributed by atoms with E-state index in [1.54, 1.807) is 18.2 Å². The zero-order valence-corrected chi connectivity index (χ0v) is 10.5. The number of benzene rings is 1. The Kier molecular flexibility index (Phi) is 3.08. The third kappa shape index (κ3) is 2.26. The largest absolute Gasteiger partial charge is 0.504 e. The summed E-state index contributed by atoms with van der Waals surface area (Å²) in [6.07, 6.45) is 0.910. The van der Waals surface area contributed by atoms with E-state index < -0.39 is 0 Å². The first kappa shape index (κ1) is 12.0. The van der Waals surface area contributed by atoms with Crippen LogP contribution in [0, 0.1) is 0 Å². The SMILES string of the molecule is COc1ccc(-c2nc(C3CCOC3)no2)cc1O. The number of phenolic OH excluding ortho intramolecular Hbond substituents is 1. The van der Waals surface area contributed by atoms with Gasteiger partial charge in [-0.25, -0.2) is 0 Å². The van der Waals surface area contributed by atoms with E-state index in [1.807, 2.05) is 0 Å². The number of aromatic hydroxyl groups is 1. The van der Waals surface area contributed by atoms with E-state index >= 15 is 0 Å². The summed E-state index contributed by atoms with van der Waals surface area (Å²) in [6.45, 7) is 1.37. The van der Waals surface area contributed by atoms with Crippen molar-refractivity contribution in [3.8, 4) is 23.0 Å². The smallest absolute Gasteiger partial charge is 0.258 e. The number of phenols is 1. The van der Waals surface area contributed by atoms with E-state index in [0.717, 1.165) is 13.0 Å². The van der Waals surface area contributed by atoms with E-state index in [-0.39, 0.29) is 11.7 Å². The minimum Gasteiger partial charge on any atom is -0.504 e. The van der Waals surface area contributed by atoms with Gasteiger partial charge in [-0.05, 0) is 24.6 Å². The summed E-state index contributed by atoms with van der Waals surface area (Å²) in [6, 6.07) is 4.97. The topological polar surface area (TPSA) is 77.6 Å². The van der Waals surface area contributed by atoms with Gasteiger partial charge in [-0.15, -0.1) is 0 Å². The molecule has 2 heterocycles. The summed E-state index contributed by atoms with van der Waals surface area (Å²) in [7, 11) is 1.50. The van der Waals surface area contributed by atoms with Gasteiger partial charge in [0.05, 0.1) is 13.7 Å². The fraction of sp³-hybridized carbons (Fsp3) is 0.385. The average Bonchev–Trinajstić information content (AvgIpc) is 3.09. The van der Waals surface area contributed by atoms with Gasteiger partial charge < -0.3 is 19.1 Å². The van der Waals surface area contributed by atoms with Crippen LogP contribution in [0.5, 0.6) is 11.5 Å². The number of hydrogen-bond donors (Lipinski definition) is 1. The molecule has 19 heavy (non-hydrogen) atoms. The molecule has 1 unspecified atom stereocenters. The van der Waals surface area contributed by atoms with Crippen molar-refractivity contribution in [2.24, 2.45) is 0 Å². The molecule has 1 saturated heterocycles. The van der Waals surface area contributed by atoms with Gasteiger partial charge in [-0.3, -0.25) is 0 Å². The maximum atomic E-state index is 9.74. The average molecular weight is 262 g/mol. The molecule has 1 N–H and O–H groups in total. The van der Waals surface area contributed by atoms with Crippen molar-refractivity contribution in [1.82, 2.24) is 10.1 Å². The minimum absolute atomic E-state index is 0.0453. The summed E-state index contributed by atoms with van der Waals surface area (Å²) in [5.74, 6) is 1.70. The predicted octanol–water partition coefficient (Wildman–Crippen LogP) is 1.95. The number of ether oxygens (including phenoxy) is 2. The first-order chi connectivity index (χ1) is 9.28. The second-order valence-electron chi connectivity index (χ2n) is 4.40. The molecule has 1 aromatic heterocycles. The minimum atomic E-state index is 0.0453. The van der Waals surface area contributed by atoms with Crippen LogP contribution in [0.15, 0.2) is 22.7 Å². The summed E-state index contributed by atoms with van der Waals surface area (Å²) in [5.41, 5.74) is 0.663. The van der Waals surface area contributed by atoms with Gasteiger partial charge in [0, 0.05) is 18.1 Å². The van der Waals surface area contributed by atoms with Crippen molar-refractivity contribution in [3.05, 3.63) is 24.0 Å². The summed E-state index contributed by atoms with van der Waals surface area (Å²) < 4.78 is 15.5. The van der Waals surface area contributed by atoms with Crippen LogP contribution in [0.25, 0.3) is 11.5 Å². The Balaban J connectivity index is 1.87. The van der Waals surface area contributed by atoms with Crippen LogP contribution in [0.4, 0.5) is 0 Å². The molecule has 3 rings (SSSR count). The Labute approximate surface area is 110 Å². The molecule has 0 spiro atoms. The van der Waals surface area contributed by atoms with Gasteiger partial charge in [0.2, 0.25) is 0 Å². The molecule has 1 atom stereocenters. The van der Waals surface area contributed by atoms with Crippen LogP contribution in [0.1, 0.15) is 18.2 Å². The fourth-order valence-electron chi connectivity index (χ4n) is 2.08. The third-order valence-corrected chi connectivity index (χ3v) is 3.16. The first-order valence-corrected chi connectivity index (χ1v) is 6.06. The van der Waals surface area contributed by atoms with E-state index in [9.17, 15) is 5.11 Å². The van der Waals surface area contributed by atoms with Crippen LogP contribution < -0.4 is 4.74 Å². The number of nitrogens with zero attached hydrogens (tertiary/aromatic N) is 2. The Hall–Kier alpha value is -2.08. The summed E-state index contributed by atoms with van der Waals surface area (Å²) >= 11 is 0. The summed E-state index contributed by atoms with van der Waals surface area (Å²) in [5, 5.41) is 13.7. The Morgan fingerprint density at radius 1 is 1.42 bits per heavy atom. The van der Waals surface area contributed by atoms with Crippen LogP contribution >= 0.6 is 0 Å². The normalized spacial score (nSPS) is 18.7. The van der Waals surface area contributed by atoms with Crippen molar-refractivity contribution >= 4 is 0 Å². The van der Waals surface area contributed by atoms with Crippen LogP contribution in [0.3, 0.4) is 0 Å². The highest BCUT2D eigenvalue weighted by Crippen LogP contribution is 2.31. The van der Waals surface area contributed by atoms with Gasteiger partial charge in [0.1, 0.15) is 0 Å². The number of rotatable bonds is 3. The fourth-order valence-corrected chi connectivity index (χ4v) is 2.08. The Morgan fingerprint density at radius 3 is 3.00 bits per heavy atom. The molecule has 100 valence electrons. The number of aromatic nitrogens is 2. The van der Waals surface area contributed by atoms with Crippen molar-refractivity contribution in [3.63, 3.8) is 0 Å². The standard InChI is InChI=1S/C13H14N2O4/c1-17-11-3-2-8(6-10(11)16)13-14-12(15-19-13)9-4-5-18-7-9/h2-3,6,9,16H,4-5,7H2,1H3. The molecule has 0 saturated carbocycles. The quantitative estimate of drug-likeness (QED) is 0.911. The lowest BCUT2D eigenvalue weighted by atomic mass is 10.1. The van der Waals surface area contributed by atoms with E-state index in [0.29, 0.717) is 29.6 Å². The predicted molar refractivity (Wildman–Crippen MR) is 66.1 cm³/mol. The molecule has 0 amide bonds. The number of hydrogen-bond acceptors (Lipinski definition) is 6. The lowest BCUT2D eigenvalue weighted by Crippen LogP contribution is -1.99. The molecule has 6 nitrogen and oxygen atoms in total. The van der Waals surface area contributed by atoms with Gasteiger partial charge >= 0.3 is 0 Å². The molecule has 0 aliphatic carbocycles. The van der Waals surface area contributed by atoms with Gasteiger partial charge in [-0.1, -0.05) is 5.16 Å². The molecular formula is C13H14N2O4. The highest BCUT2D eigenvalue weighted by atomic mass is 16.5. The van der Waals surface area contributed by atoms with E-state index in [2.05, 4.69) is 10.1 Å². The zero-order valence-electron chi connectivity index (χ0n) is 10.5. The maximum absolute atomic E-state index is 9.74. The maximum Gasteiger partial charge on any atom is 0.258 e. The number of methoxy groups -OCH3 is 1. The molecular weight excluding hydrogens is 248 g/mol. The molecule has 6 heteroatoms. The Bertz CT molecular complexity index is 576. The summed E-state index contributed by atoms with van der Waals surface area (Å²) in [4.78, 5) is 4.35. The Morgan fingerprint density at radius 2 is 2.32 bits per heavy atom. The van der Waals surface area contributed by atoms with Gasteiger partial charge in [-0.2, -0.15) is 4.98 Å². The molecule has 1 aliphatic heterocycles. The first-order valence-electron chi connectivity index (χ1n) is 6.06. The monoisotopic (exact) mass is 262 g/mol. The van der Waals surface area contributed by atoms with Crippen molar-refractivity contribution < 1.29 is 19.1 Å². The van der Waals surface area contributed by atoms with Gasteiger partial charge in [0.25, 0.3) is 5.89 Å². The molecule has 1 aliphatic rings. The van der Waals surface area contributed by atoms with Crippen LogP contribution in [-0.2, 0) is 4.74 Å². The van der Waals surface area contributed by atoms with Crippen molar-refractivity contribution in [1.29, 1.82) is 0 Å². The van der Waals surface area contributed by atoms with E-state index in [1.165, 1.54) is 7.11 Å². The molecule has 1 fully saturated rings. The lowest BCUT2D eigenvalue weighted by Gasteiger charge is -2.03. The van der Waals surface area contributed by atoms with E-state index in [4.69, 9.17) is 14.0 Å². The molecule has 0 radical (unpaired) electrons.